The van der Waals surface area contributed by atoms with Gasteiger partial charge in [-0.2, -0.15) is 0 Å². The fourth-order valence-electron chi connectivity index (χ4n) is 3.31. The first-order chi connectivity index (χ1) is 14.5. The smallest absolute Gasteiger partial charge is 0.278 e. The number of amides is 2. The van der Waals surface area contributed by atoms with Gasteiger partial charge in [0, 0.05) is 6.54 Å². The zero-order chi connectivity index (χ0) is 21.7. The number of hydrogen-bond donors (Lipinski definition) is 1. The van der Waals surface area contributed by atoms with Crippen LogP contribution >= 0.6 is 0 Å². The van der Waals surface area contributed by atoms with Gasteiger partial charge in [-0.15, -0.1) is 0 Å². The monoisotopic (exact) mass is 408 g/mol. The molecule has 2 amide bonds. The lowest BCUT2D eigenvalue weighted by molar-refractivity contribution is -0.137. The van der Waals surface area contributed by atoms with Crippen LogP contribution < -0.4 is 14.8 Å². The Morgan fingerprint density at radius 1 is 1.00 bits per heavy atom. The SMILES string of the molecule is CCCOc1ccc(C2=C(Nc3ccccc3OC)C(=O)N(CC(C)C)C2=O)cc1. The Morgan fingerprint density at radius 2 is 1.70 bits per heavy atom. The highest BCUT2D eigenvalue weighted by molar-refractivity contribution is 6.36. The molecule has 1 N–H and O–H groups in total. The Bertz CT molecular complexity index is 948. The number of hydrogen-bond acceptors (Lipinski definition) is 5. The number of benzene rings is 2. The number of carbonyl (C=O) groups excluding carboxylic acids is 2. The van der Waals surface area contributed by atoms with Crippen molar-refractivity contribution in [2.75, 3.05) is 25.6 Å². The van der Waals surface area contributed by atoms with Crippen LogP contribution in [0.25, 0.3) is 5.57 Å². The van der Waals surface area contributed by atoms with Gasteiger partial charge in [0.2, 0.25) is 0 Å². The number of imide groups is 1. The summed E-state index contributed by atoms with van der Waals surface area (Å²) in [5, 5.41) is 3.15. The van der Waals surface area contributed by atoms with Crippen molar-refractivity contribution in [3.8, 4) is 11.5 Å². The van der Waals surface area contributed by atoms with E-state index in [1.54, 1.807) is 13.2 Å². The maximum Gasteiger partial charge on any atom is 0.278 e. The molecule has 3 rings (SSSR count). The third-order valence-electron chi connectivity index (χ3n) is 4.70. The van der Waals surface area contributed by atoms with E-state index in [1.165, 1.54) is 4.90 Å². The van der Waals surface area contributed by atoms with Crippen LogP contribution in [0, 0.1) is 5.92 Å². The minimum absolute atomic E-state index is 0.162. The Hall–Kier alpha value is -3.28. The molecule has 0 saturated carbocycles. The standard InChI is InChI=1S/C24H28N2O4/c1-5-14-30-18-12-10-17(11-13-18)21-22(24(28)26(23(21)27)15-16(2)3)25-19-8-6-7-9-20(19)29-4/h6-13,16,25H,5,14-15H2,1-4H3. The van der Waals surface area contributed by atoms with Gasteiger partial charge in [-0.3, -0.25) is 14.5 Å². The average Bonchev–Trinajstić information content (AvgIpc) is 2.97. The summed E-state index contributed by atoms with van der Waals surface area (Å²) in [7, 11) is 1.57. The Morgan fingerprint density at radius 3 is 2.33 bits per heavy atom. The molecule has 2 aromatic carbocycles. The second-order valence-electron chi connectivity index (χ2n) is 7.56. The molecule has 0 radical (unpaired) electrons. The third kappa shape index (κ3) is 4.48. The Labute approximate surface area is 177 Å². The molecular formula is C24H28N2O4. The van der Waals surface area contributed by atoms with E-state index >= 15 is 0 Å². The minimum Gasteiger partial charge on any atom is -0.495 e. The minimum atomic E-state index is -0.332. The van der Waals surface area contributed by atoms with Gasteiger partial charge in [0.15, 0.2) is 0 Å². The maximum absolute atomic E-state index is 13.2. The van der Waals surface area contributed by atoms with Crippen molar-refractivity contribution >= 4 is 23.1 Å². The van der Waals surface area contributed by atoms with E-state index in [4.69, 9.17) is 9.47 Å². The van der Waals surface area contributed by atoms with Crippen LogP contribution in [0.2, 0.25) is 0 Å². The fraction of sp³-hybridized carbons (Fsp3) is 0.333. The highest BCUT2D eigenvalue weighted by Crippen LogP contribution is 2.34. The van der Waals surface area contributed by atoms with Gasteiger partial charge in [-0.05, 0) is 42.2 Å². The van der Waals surface area contributed by atoms with Crippen LogP contribution in [0.1, 0.15) is 32.8 Å². The van der Waals surface area contributed by atoms with Crippen LogP contribution in [0.15, 0.2) is 54.2 Å². The van der Waals surface area contributed by atoms with Gasteiger partial charge in [0.25, 0.3) is 11.8 Å². The first kappa shape index (κ1) is 21.4. The van der Waals surface area contributed by atoms with E-state index in [9.17, 15) is 9.59 Å². The van der Waals surface area contributed by atoms with Crippen LogP contribution in [0.3, 0.4) is 0 Å². The molecule has 1 aliphatic heterocycles. The molecule has 0 spiro atoms. The van der Waals surface area contributed by atoms with Crippen molar-refractivity contribution < 1.29 is 19.1 Å². The molecule has 0 atom stereocenters. The van der Waals surface area contributed by atoms with Gasteiger partial charge in [-0.25, -0.2) is 0 Å². The topological polar surface area (TPSA) is 67.9 Å². The van der Waals surface area contributed by atoms with Crippen molar-refractivity contribution in [1.29, 1.82) is 0 Å². The molecule has 0 unspecified atom stereocenters. The van der Waals surface area contributed by atoms with Gasteiger partial charge >= 0.3 is 0 Å². The van der Waals surface area contributed by atoms with Crippen molar-refractivity contribution in [3.05, 3.63) is 59.8 Å². The molecule has 1 aliphatic rings. The maximum atomic E-state index is 13.2. The van der Waals surface area contributed by atoms with E-state index in [0.29, 0.717) is 35.7 Å². The summed E-state index contributed by atoms with van der Waals surface area (Å²) < 4.78 is 11.0. The normalized spacial score (nSPS) is 14.0. The molecule has 30 heavy (non-hydrogen) atoms. The van der Waals surface area contributed by atoms with E-state index in [0.717, 1.165) is 12.2 Å². The number of para-hydroxylation sites is 2. The predicted molar refractivity (Wildman–Crippen MR) is 117 cm³/mol. The van der Waals surface area contributed by atoms with Gasteiger partial charge in [0.05, 0.1) is 25.0 Å². The lowest BCUT2D eigenvalue weighted by Gasteiger charge is -2.17. The summed E-state index contributed by atoms with van der Waals surface area (Å²) in [5.41, 5.74) is 1.91. The summed E-state index contributed by atoms with van der Waals surface area (Å²) in [6, 6.07) is 14.6. The third-order valence-corrected chi connectivity index (χ3v) is 4.70. The largest absolute Gasteiger partial charge is 0.495 e. The Kier molecular flexibility index (Phi) is 6.77. The number of anilines is 1. The number of nitrogens with zero attached hydrogens (tertiary/aromatic N) is 1. The molecule has 0 bridgehead atoms. The highest BCUT2D eigenvalue weighted by atomic mass is 16.5. The summed E-state index contributed by atoms with van der Waals surface area (Å²) in [5.74, 6) is 0.857. The van der Waals surface area contributed by atoms with Crippen molar-refractivity contribution in [2.24, 2.45) is 5.92 Å². The number of rotatable bonds is 9. The van der Waals surface area contributed by atoms with E-state index in [1.807, 2.05) is 63.2 Å². The molecule has 0 aromatic heterocycles. The first-order valence-electron chi connectivity index (χ1n) is 10.2. The molecule has 6 nitrogen and oxygen atoms in total. The lowest BCUT2D eigenvalue weighted by atomic mass is 10.0. The zero-order valence-electron chi connectivity index (χ0n) is 17.9. The summed E-state index contributed by atoms with van der Waals surface area (Å²) in [6.07, 6.45) is 0.914. The van der Waals surface area contributed by atoms with Crippen LogP contribution in [-0.4, -0.2) is 37.0 Å². The highest BCUT2D eigenvalue weighted by Gasteiger charge is 2.39. The molecular weight excluding hydrogens is 380 g/mol. The second-order valence-corrected chi connectivity index (χ2v) is 7.56. The second kappa shape index (κ2) is 9.48. The predicted octanol–water partition coefficient (Wildman–Crippen LogP) is 4.33. The first-order valence-corrected chi connectivity index (χ1v) is 10.2. The summed E-state index contributed by atoms with van der Waals surface area (Å²) >= 11 is 0. The lowest BCUT2D eigenvalue weighted by Crippen LogP contribution is -2.35. The molecule has 0 aliphatic carbocycles. The van der Waals surface area contributed by atoms with Gasteiger partial charge in [-0.1, -0.05) is 45.0 Å². The van der Waals surface area contributed by atoms with E-state index < -0.39 is 0 Å². The number of nitrogens with one attached hydrogen (secondary N) is 1. The molecule has 2 aromatic rings. The van der Waals surface area contributed by atoms with Crippen LogP contribution in [0.4, 0.5) is 5.69 Å². The number of methoxy groups -OCH3 is 1. The zero-order valence-corrected chi connectivity index (χ0v) is 17.9. The molecule has 0 saturated heterocycles. The summed E-state index contributed by atoms with van der Waals surface area (Å²) in [6.45, 7) is 6.98. The quantitative estimate of drug-likeness (QED) is 0.626. The van der Waals surface area contributed by atoms with E-state index in [-0.39, 0.29) is 23.4 Å². The number of ether oxygens (including phenoxy) is 2. The van der Waals surface area contributed by atoms with E-state index in [2.05, 4.69) is 5.32 Å². The van der Waals surface area contributed by atoms with Crippen molar-refractivity contribution in [2.45, 2.75) is 27.2 Å². The molecule has 158 valence electrons. The van der Waals surface area contributed by atoms with Crippen molar-refractivity contribution in [1.82, 2.24) is 4.90 Å². The Balaban J connectivity index is 2.02. The van der Waals surface area contributed by atoms with Crippen LogP contribution in [0.5, 0.6) is 11.5 Å². The molecule has 1 heterocycles. The molecule has 0 fully saturated rings. The van der Waals surface area contributed by atoms with Gasteiger partial charge < -0.3 is 14.8 Å². The number of carbonyl (C=O) groups is 2. The van der Waals surface area contributed by atoms with Crippen LogP contribution in [-0.2, 0) is 9.59 Å². The molecule has 6 heteroatoms. The average molecular weight is 408 g/mol. The fourth-order valence-corrected chi connectivity index (χ4v) is 3.31. The van der Waals surface area contributed by atoms with Crippen molar-refractivity contribution in [3.63, 3.8) is 0 Å². The summed E-state index contributed by atoms with van der Waals surface area (Å²) in [4.78, 5) is 27.7. The van der Waals surface area contributed by atoms with Gasteiger partial charge in [0.1, 0.15) is 17.2 Å².